The maximum absolute atomic E-state index is 12.8. The number of nitrogens with zero attached hydrogens (tertiary/aromatic N) is 1. The molecule has 7 heteroatoms. The lowest BCUT2D eigenvalue weighted by Crippen LogP contribution is -2.47. The minimum atomic E-state index is -3.68. The van der Waals surface area contributed by atoms with Crippen LogP contribution in [-0.4, -0.2) is 26.6 Å². The van der Waals surface area contributed by atoms with Crippen molar-refractivity contribution in [3.05, 3.63) is 30.1 Å². The average molecular weight is 274 g/mol. The minimum Gasteiger partial charge on any atom is -0.368 e. The lowest BCUT2D eigenvalue weighted by atomic mass is 10.2. The number of rotatable bonds is 5. The number of amides is 1. The van der Waals surface area contributed by atoms with Gasteiger partial charge < -0.3 is 5.73 Å². The van der Waals surface area contributed by atoms with Gasteiger partial charge in [0.05, 0.1) is 11.9 Å². The van der Waals surface area contributed by atoms with E-state index in [1.165, 1.54) is 12.1 Å². The Morgan fingerprint density at radius 2 is 1.89 bits per heavy atom. The van der Waals surface area contributed by atoms with Crippen molar-refractivity contribution >= 4 is 21.6 Å². The van der Waals surface area contributed by atoms with Gasteiger partial charge >= 0.3 is 0 Å². The molecular weight excluding hydrogens is 259 g/mol. The molecule has 1 aromatic carbocycles. The lowest BCUT2D eigenvalue weighted by molar-refractivity contribution is -0.119. The van der Waals surface area contributed by atoms with Crippen molar-refractivity contribution < 1.29 is 17.6 Å². The molecule has 0 fully saturated rings. The zero-order valence-electron chi connectivity index (χ0n) is 10.1. The molecular formula is C11H15FN2O3S. The molecule has 0 radical (unpaired) electrons. The maximum atomic E-state index is 12.8. The molecule has 1 rings (SSSR count). The molecule has 18 heavy (non-hydrogen) atoms. The molecule has 0 saturated heterocycles. The van der Waals surface area contributed by atoms with Gasteiger partial charge in [-0.1, -0.05) is 6.92 Å². The van der Waals surface area contributed by atoms with Gasteiger partial charge in [-0.15, -0.1) is 0 Å². The average Bonchev–Trinajstić information content (AvgIpc) is 2.25. The highest BCUT2D eigenvalue weighted by Crippen LogP contribution is 2.22. The van der Waals surface area contributed by atoms with Crippen molar-refractivity contribution in [2.45, 2.75) is 19.4 Å². The van der Waals surface area contributed by atoms with E-state index in [4.69, 9.17) is 5.73 Å². The fourth-order valence-electron chi connectivity index (χ4n) is 1.67. The summed E-state index contributed by atoms with van der Waals surface area (Å²) in [6, 6.07) is 3.86. The second-order valence-corrected chi connectivity index (χ2v) is 5.72. The molecule has 0 saturated carbocycles. The van der Waals surface area contributed by atoms with E-state index in [2.05, 4.69) is 0 Å². The zero-order valence-corrected chi connectivity index (χ0v) is 10.9. The van der Waals surface area contributed by atoms with Crippen molar-refractivity contribution in [2.75, 3.05) is 10.6 Å². The number of hydrogen-bond acceptors (Lipinski definition) is 3. The van der Waals surface area contributed by atoms with Crippen LogP contribution in [0.15, 0.2) is 24.3 Å². The Morgan fingerprint density at radius 3 is 2.22 bits per heavy atom. The summed E-state index contributed by atoms with van der Waals surface area (Å²) >= 11 is 0. The molecule has 0 unspecified atom stereocenters. The Labute approximate surface area is 105 Å². The number of sulfonamides is 1. The summed E-state index contributed by atoms with van der Waals surface area (Å²) in [5.74, 6) is -1.23. The van der Waals surface area contributed by atoms with Crippen LogP contribution in [0.4, 0.5) is 10.1 Å². The van der Waals surface area contributed by atoms with Gasteiger partial charge in [-0.05, 0) is 30.7 Å². The topological polar surface area (TPSA) is 80.5 Å². The predicted octanol–water partition coefficient (Wildman–Crippen LogP) is 0.856. The Morgan fingerprint density at radius 1 is 1.39 bits per heavy atom. The Hall–Kier alpha value is -1.63. The van der Waals surface area contributed by atoms with Crippen molar-refractivity contribution in [3.8, 4) is 0 Å². The summed E-state index contributed by atoms with van der Waals surface area (Å²) in [6.07, 6.45) is 1.21. The van der Waals surface area contributed by atoms with Gasteiger partial charge in [0.25, 0.3) is 0 Å². The molecule has 5 nitrogen and oxygen atoms in total. The van der Waals surface area contributed by atoms with E-state index in [0.29, 0.717) is 0 Å². The van der Waals surface area contributed by atoms with Crippen molar-refractivity contribution in [3.63, 3.8) is 0 Å². The fourth-order valence-corrected chi connectivity index (χ4v) is 2.89. The van der Waals surface area contributed by atoms with Crippen LogP contribution in [0.2, 0.25) is 0 Å². The van der Waals surface area contributed by atoms with Crippen LogP contribution in [-0.2, 0) is 14.8 Å². The standard InChI is InChI=1S/C11H15FN2O3S/c1-3-10(11(13)15)14(18(2,16)17)9-6-4-8(12)5-7-9/h4-7,10H,3H2,1-2H3,(H2,13,15)/t10-/m0/s1. The van der Waals surface area contributed by atoms with Crippen molar-refractivity contribution in [1.82, 2.24) is 0 Å². The Kier molecular flexibility index (Phi) is 4.28. The molecule has 0 spiro atoms. The molecule has 0 aliphatic heterocycles. The van der Waals surface area contributed by atoms with Crippen molar-refractivity contribution in [1.29, 1.82) is 0 Å². The van der Waals surface area contributed by atoms with E-state index in [0.717, 1.165) is 22.7 Å². The summed E-state index contributed by atoms with van der Waals surface area (Å²) in [7, 11) is -3.68. The summed E-state index contributed by atoms with van der Waals surface area (Å²) < 4.78 is 37.2. The molecule has 100 valence electrons. The van der Waals surface area contributed by atoms with Crippen LogP contribution < -0.4 is 10.0 Å². The zero-order chi connectivity index (χ0) is 13.9. The van der Waals surface area contributed by atoms with Crippen LogP contribution in [0.25, 0.3) is 0 Å². The predicted molar refractivity (Wildman–Crippen MR) is 67.0 cm³/mol. The third-order valence-corrected chi connectivity index (χ3v) is 3.62. The maximum Gasteiger partial charge on any atom is 0.241 e. The number of anilines is 1. The molecule has 1 atom stereocenters. The minimum absolute atomic E-state index is 0.213. The summed E-state index contributed by atoms with van der Waals surface area (Å²) in [5.41, 5.74) is 5.41. The molecule has 1 aromatic rings. The normalized spacial score (nSPS) is 13.1. The van der Waals surface area contributed by atoms with E-state index < -0.39 is 27.8 Å². The van der Waals surface area contributed by atoms with Gasteiger partial charge in [0.1, 0.15) is 11.9 Å². The number of primary amides is 1. The number of nitrogens with two attached hydrogens (primary N) is 1. The number of carbonyl (C=O) groups excluding carboxylic acids is 1. The first-order valence-electron chi connectivity index (χ1n) is 5.31. The van der Waals surface area contributed by atoms with E-state index in [-0.39, 0.29) is 12.1 Å². The molecule has 0 aromatic heterocycles. The summed E-state index contributed by atoms with van der Waals surface area (Å²) in [5, 5.41) is 0. The third-order valence-electron chi connectivity index (χ3n) is 2.44. The number of halogens is 1. The summed E-state index contributed by atoms with van der Waals surface area (Å²) in [6.45, 7) is 1.65. The lowest BCUT2D eigenvalue weighted by Gasteiger charge is -2.28. The van der Waals surface area contributed by atoms with Crippen LogP contribution in [0.5, 0.6) is 0 Å². The van der Waals surface area contributed by atoms with E-state index in [1.54, 1.807) is 6.92 Å². The van der Waals surface area contributed by atoms with Crippen LogP contribution >= 0.6 is 0 Å². The first kappa shape index (κ1) is 14.4. The Balaban J connectivity index is 3.30. The fraction of sp³-hybridized carbons (Fsp3) is 0.364. The highest BCUT2D eigenvalue weighted by atomic mass is 32.2. The Bertz CT molecular complexity index is 528. The molecule has 0 heterocycles. The van der Waals surface area contributed by atoms with Gasteiger partial charge in [0.15, 0.2) is 0 Å². The van der Waals surface area contributed by atoms with E-state index >= 15 is 0 Å². The number of hydrogen-bond donors (Lipinski definition) is 1. The van der Waals surface area contributed by atoms with Gasteiger partial charge in [-0.25, -0.2) is 12.8 Å². The highest BCUT2D eigenvalue weighted by molar-refractivity contribution is 7.92. The molecule has 0 bridgehead atoms. The van der Waals surface area contributed by atoms with E-state index in [9.17, 15) is 17.6 Å². The number of benzene rings is 1. The first-order chi connectivity index (χ1) is 8.27. The highest BCUT2D eigenvalue weighted by Gasteiger charge is 2.29. The summed E-state index contributed by atoms with van der Waals surface area (Å²) in [4.78, 5) is 11.3. The van der Waals surface area contributed by atoms with Crippen LogP contribution in [0.1, 0.15) is 13.3 Å². The van der Waals surface area contributed by atoms with E-state index in [1.807, 2.05) is 0 Å². The quantitative estimate of drug-likeness (QED) is 0.864. The van der Waals surface area contributed by atoms with Gasteiger partial charge in [0.2, 0.25) is 15.9 Å². The molecule has 0 aliphatic rings. The third kappa shape index (κ3) is 3.19. The van der Waals surface area contributed by atoms with Crippen molar-refractivity contribution in [2.24, 2.45) is 5.73 Å². The second kappa shape index (κ2) is 5.34. The van der Waals surface area contributed by atoms with Crippen LogP contribution in [0.3, 0.4) is 0 Å². The second-order valence-electron chi connectivity index (χ2n) is 3.86. The van der Waals surface area contributed by atoms with Crippen LogP contribution in [0, 0.1) is 5.82 Å². The monoisotopic (exact) mass is 274 g/mol. The smallest absolute Gasteiger partial charge is 0.241 e. The first-order valence-corrected chi connectivity index (χ1v) is 7.16. The largest absolute Gasteiger partial charge is 0.368 e. The molecule has 1 amide bonds. The number of carbonyl (C=O) groups is 1. The van der Waals surface area contributed by atoms with Gasteiger partial charge in [-0.2, -0.15) is 0 Å². The van der Waals surface area contributed by atoms with Gasteiger partial charge in [-0.3, -0.25) is 9.10 Å². The molecule has 0 aliphatic carbocycles. The molecule has 2 N–H and O–H groups in total. The van der Waals surface area contributed by atoms with Gasteiger partial charge in [0, 0.05) is 0 Å². The SMILES string of the molecule is CC[C@@H](C(N)=O)N(c1ccc(F)cc1)S(C)(=O)=O.